The van der Waals surface area contributed by atoms with Gasteiger partial charge in [0, 0.05) is 16.7 Å². The number of ketones is 1. The van der Waals surface area contributed by atoms with Gasteiger partial charge in [0.2, 0.25) is 0 Å². The van der Waals surface area contributed by atoms with Crippen molar-refractivity contribution in [2.75, 3.05) is 5.88 Å². The van der Waals surface area contributed by atoms with Crippen molar-refractivity contribution in [2.24, 2.45) is 0 Å². The van der Waals surface area contributed by atoms with Crippen LogP contribution in [0, 0.1) is 0 Å². The second-order valence-electron chi connectivity index (χ2n) is 5.77. The Morgan fingerprint density at radius 3 is 1.92 bits per heavy atom. The third-order valence-corrected chi connectivity index (χ3v) is 4.44. The summed E-state index contributed by atoms with van der Waals surface area (Å²) in [4.78, 5) is 11.9. The number of carbonyl (C=O) groups is 1. The maximum Gasteiger partial charge on any atom is 0.305 e. The molecule has 4 heteroatoms. The zero-order valence-electron chi connectivity index (χ0n) is 13.3. The Hall–Kier alpha value is -2.78. The fourth-order valence-corrected chi connectivity index (χ4v) is 3.13. The number of alkyl halides is 1. The Bertz CT molecular complexity index is 867. The first-order valence-corrected chi connectivity index (χ1v) is 8.49. The molecule has 0 fully saturated rings. The zero-order chi connectivity index (χ0) is 17.3. The summed E-state index contributed by atoms with van der Waals surface area (Å²) in [6.07, 6.45) is 0. The average Bonchev–Trinajstić information content (AvgIpc) is 3.08. The van der Waals surface area contributed by atoms with E-state index < -0.39 is 5.79 Å². The molecule has 0 spiro atoms. The van der Waals surface area contributed by atoms with Crippen LogP contribution < -0.4 is 9.47 Å². The summed E-state index contributed by atoms with van der Waals surface area (Å²) in [5.74, 6) is -0.164. The molecule has 1 aliphatic heterocycles. The molecular weight excluding hydrogens is 336 g/mol. The molecule has 0 N–H and O–H groups in total. The molecule has 1 aliphatic rings. The lowest BCUT2D eigenvalue weighted by atomic mass is 9.97. The maximum atomic E-state index is 11.9. The number of halogens is 1. The van der Waals surface area contributed by atoms with Crippen LogP contribution >= 0.6 is 11.6 Å². The van der Waals surface area contributed by atoms with Crippen molar-refractivity contribution in [3.8, 4) is 11.5 Å². The van der Waals surface area contributed by atoms with Crippen LogP contribution in [-0.4, -0.2) is 11.7 Å². The Labute approximate surface area is 150 Å². The molecule has 1 heterocycles. The molecule has 25 heavy (non-hydrogen) atoms. The third-order valence-electron chi connectivity index (χ3n) is 4.20. The molecule has 0 atom stereocenters. The van der Waals surface area contributed by atoms with Gasteiger partial charge in [0.15, 0.2) is 17.3 Å². The summed E-state index contributed by atoms with van der Waals surface area (Å²) in [5.41, 5.74) is 2.26. The SMILES string of the molecule is O=C(CCl)c1ccc2c(c1)OC(c1ccccc1)(c1ccccc1)O2. The van der Waals surface area contributed by atoms with E-state index in [1.54, 1.807) is 18.2 Å². The van der Waals surface area contributed by atoms with E-state index in [2.05, 4.69) is 0 Å². The second-order valence-corrected chi connectivity index (χ2v) is 6.04. The summed E-state index contributed by atoms with van der Waals surface area (Å²) in [5, 5.41) is 0. The highest BCUT2D eigenvalue weighted by Crippen LogP contribution is 2.47. The van der Waals surface area contributed by atoms with Gasteiger partial charge in [0.1, 0.15) is 0 Å². The van der Waals surface area contributed by atoms with E-state index in [-0.39, 0.29) is 11.7 Å². The molecular formula is C21H15ClO3. The van der Waals surface area contributed by atoms with Crippen LogP contribution in [0.3, 0.4) is 0 Å². The van der Waals surface area contributed by atoms with E-state index in [1.807, 2.05) is 60.7 Å². The quantitative estimate of drug-likeness (QED) is 0.501. The molecule has 0 saturated carbocycles. The van der Waals surface area contributed by atoms with Crippen molar-refractivity contribution in [3.05, 3.63) is 95.6 Å². The molecule has 0 aliphatic carbocycles. The van der Waals surface area contributed by atoms with E-state index >= 15 is 0 Å². The molecule has 0 bridgehead atoms. The lowest BCUT2D eigenvalue weighted by Crippen LogP contribution is -2.36. The Balaban J connectivity index is 1.83. The lowest BCUT2D eigenvalue weighted by Gasteiger charge is -2.28. The van der Waals surface area contributed by atoms with Gasteiger partial charge in [0.25, 0.3) is 0 Å². The van der Waals surface area contributed by atoms with Crippen LogP contribution in [0.1, 0.15) is 21.5 Å². The highest BCUT2D eigenvalue weighted by Gasteiger charge is 2.45. The van der Waals surface area contributed by atoms with Crippen molar-refractivity contribution >= 4 is 17.4 Å². The van der Waals surface area contributed by atoms with Gasteiger partial charge in [-0.25, -0.2) is 0 Å². The van der Waals surface area contributed by atoms with E-state index in [0.29, 0.717) is 17.1 Å². The van der Waals surface area contributed by atoms with Crippen molar-refractivity contribution in [1.82, 2.24) is 0 Å². The van der Waals surface area contributed by atoms with Gasteiger partial charge in [-0.3, -0.25) is 4.79 Å². The Morgan fingerprint density at radius 1 is 0.800 bits per heavy atom. The fourth-order valence-electron chi connectivity index (χ4n) is 2.97. The van der Waals surface area contributed by atoms with Gasteiger partial charge in [0.05, 0.1) is 5.88 Å². The summed E-state index contributed by atoms with van der Waals surface area (Å²) < 4.78 is 12.6. The summed E-state index contributed by atoms with van der Waals surface area (Å²) in [6, 6.07) is 24.7. The van der Waals surface area contributed by atoms with Gasteiger partial charge in [-0.1, -0.05) is 60.7 Å². The smallest absolute Gasteiger partial charge is 0.305 e. The minimum absolute atomic E-state index is 0.0673. The number of Topliss-reactive ketones (excluding diaryl/α,β-unsaturated/α-hetero) is 1. The van der Waals surface area contributed by atoms with Gasteiger partial charge in [-0.05, 0) is 18.2 Å². The van der Waals surface area contributed by atoms with E-state index in [4.69, 9.17) is 21.1 Å². The maximum absolute atomic E-state index is 11.9. The van der Waals surface area contributed by atoms with Gasteiger partial charge < -0.3 is 9.47 Å². The topological polar surface area (TPSA) is 35.5 Å². The molecule has 3 aromatic carbocycles. The predicted octanol–water partition coefficient (Wildman–Crippen LogP) is 4.78. The first-order valence-electron chi connectivity index (χ1n) is 7.95. The number of hydrogen-bond donors (Lipinski definition) is 0. The summed E-state index contributed by atoms with van der Waals surface area (Å²) >= 11 is 5.66. The van der Waals surface area contributed by atoms with Gasteiger partial charge >= 0.3 is 5.79 Å². The number of hydrogen-bond acceptors (Lipinski definition) is 3. The second kappa shape index (κ2) is 6.26. The number of fused-ring (bicyclic) bond motifs is 1. The molecule has 0 saturated heterocycles. The molecule has 3 nitrogen and oxygen atoms in total. The number of rotatable bonds is 4. The summed E-state index contributed by atoms with van der Waals surface area (Å²) in [6.45, 7) is 0. The Morgan fingerprint density at radius 2 is 1.36 bits per heavy atom. The van der Waals surface area contributed by atoms with Crippen LogP contribution in [0.4, 0.5) is 0 Å². The van der Waals surface area contributed by atoms with Crippen molar-refractivity contribution in [3.63, 3.8) is 0 Å². The normalized spacial score (nSPS) is 14.3. The first-order chi connectivity index (χ1) is 12.2. The monoisotopic (exact) mass is 350 g/mol. The molecule has 0 radical (unpaired) electrons. The van der Waals surface area contributed by atoms with E-state index in [9.17, 15) is 4.79 Å². The average molecular weight is 351 g/mol. The highest BCUT2D eigenvalue weighted by atomic mass is 35.5. The minimum atomic E-state index is -1.08. The standard InChI is InChI=1S/C21H15ClO3/c22-14-18(23)15-11-12-19-20(13-15)25-21(24-19,16-7-3-1-4-8-16)17-9-5-2-6-10-17/h1-13H,14H2. The predicted molar refractivity (Wildman–Crippen MR) is 96.4 cm³/mol. The van der Waals surface area contributed by atoms with Crippen LogP contribution in [0.5, 0.6) is 11.5 Å². The number of ether oxygens (including phenoxy) is 2. The molecule has 124 valence electrons. The lowest BCUT2D eigenvalue weighted by molar-refractivity contribution is -0.0459. The molecule has 3 aromatic rings. The van der Waals surface area contributed by atoms with Crippen molar-refractivity contribution in [2.45, 2.75) is 5.79 Å². The molecule has 0 unspecified atom stereocenters. The molecule has 0 amide bonds. The van der Waals surface area contributed by atoms with Crippen LogP contribution in [0.25, 0.3) is 0 Å². The van der Waals surface area contributed by atoms with Crippen LogP contribution in [0.2, 0.25) is 0 Å². The highest BCUT2D eigenvalue weighted by molar-refractivity contribution is 6.30. The zero-order valence-corrected chi connectivity index (χ0v) is 14.1. The minimum Gasteiger partial charge on any atom is -0.440 e. The third kappa shape index (κ3) is 2.67. The van der Waals surface area contributed by atoms with E-state index in [1.165, 1.54) is 0 Å². The van der Waals surface area contributed by atoms with Crippen LogP contribution in [0.15, 0.2) is 78.9 Å². The fraction of sp³-hybridized carbons (Fsp3) is 0.0952. The summed E-state index contributed by atoms with van der Waals surface area (Å²) in [7, 11) is 0. The van der Waals surface area contributed by atoms with Gasteiger partial charge in [-0.2, -0.15) is 0 Å². The van der Waals surface area contributed by atoms with Crippen LogP contribution in [-0.2, 0) is 5.79 Å². The van der Waals surface area contributed by atoms with E-state index in [0.717, 1.165) is 11.1 Å². The Kier molecular flexibility index (Phi) is 3.94. The number of carbonyl (C=O) groups excluding carboxylic acids is 1. The van der Waals surface area contributed by atoms with Gasteiger partial charge in [-0.15, -0.1) is 11.6 Å². The van der Waals surface area contributed by atoms with Crippen molar-refractivity contribution < 1.29 is 14.3 Å². The first kappa shape index (κ1) is 15.7. The molecule has 0 aromatic heterocycles. The number of benzene rings is 3. The molecule has 4 rings (SSSR count). The largest absolute Gasteiger partial charge is 0.440 e. The van der Waals surface area contributed by atoms with Crippen molar-refractivity contribution in [1.29, 1.82) is 0 Å².